The van der Waals surface area contributed by atoms with Crippen LogP contribution >= 0.6 is 0 Å². The molecule has 0 bridgehead atoms. The molecule has 0 aromatic rings. The number of rotatable bonds is 3. The van der Waals surface area contributed by atoms with Crippen LogP contribution in [0, 0.1) is 17.8 Å². The van der Waals surface area contributed by atoms with Crippen molar-refractivity contribution in [3.8, 4) is 12.3 Å². The van der Waals surface area contributed by atoms with Crippen LogP contribution in [0.25, 0.3) is 0 Å². The first-order chi connectivity index (χ1) is 5.62. The van der Waals surface area contributed by atoms with Crippen LogP contribution in [0.3, 0.4) is 0 Å². The van der Waals surface area contributed by atoms with Crippen LogP contribution in [0.4, 0.5) is 0 Å². The Hall–Kier alpha value is -0.970. The smallest absolute Gasteiger partial charge is 0.232 e. The molecule has 0 aromatic carbocycles. The quantitative estimate of drug-likeness (QED) is 0.628. The molecule has 66 valence electrons. The minimum Gasteiger partial charge on any atom is -0.352 e. The third kappa shape index (κ3) is 1.79. The Labute approximate surface area is 73.7 Å². The zero-order chi connectivity index (χ0) is 9.19. The van der Waals surface area contributed by atoms with Gasteiger partial charge in [0.15, 0.2) is 0 Å². The van der Waals surface area contributed by atoms with Gasteiger partial charge in [-0.15, -0.1) is 6.42 Å². The van der Waals surface area contributed by atoms with Gasteiger partial charge in [-0.3, -0.25) is 4.79 Å². The number of nitrogens with one attached hydrogen (secondary N) is 1. The molecule has 1 saturated carbocycles. The van der Waals surface area contributed by atoms with Crippen LogP contribution in [0.1, 0.15) is 33.1 Å². The molecule has 1 aliphatic carbocycles. The first-order valence-corrected chi connectivity index (χ1v) is 4.35. The van der Waals surface area contributed by atoms with Gasteiger partial charge in [0.1, 0.15) is 0 Å². The van der Waals surface area contributed by atoms with E-state index in [1.165, 1.54) is 0 Å². The van der Waals surface area contributed by atoms with Crippen LogP contribution in [0.15, 0.2) is 0 Å². The number of amides is 1. The average molecular weight is 165 g/mol. The van der Waals surface area contributed by atoms with Crippen molar-refractivity contribution in [3.63, 3.8) is 0 Å². The highest BCUT2D eigenvalue weighted by molar-refractivity contribution is 5.79. The summed E-state index contributed by atoms with van der Waals surface area (Å²) in [5, 5.41) is 2.91. The van der Waals surface area contributed by atoms with Crippen LogP contribution in [0.2, 0.25) is 0 Å². The Bertz CT molecular complexity index is 228. The molecule has 0 aromatic heterocycles. The number of hydrogen-bond acceptors (Lipinski definition) is 1. The third-order valence-electron chi connectivity index (χ3n) is 2.76. The maximum absolute atomic E-state index is 11.0. The van der Waals surface area contributed by atoms with Gasteiger partial charge < -0.3 is 5.32 Å². The summed E-state index contributed by atoms with van der Waals surface area (Å²) in [6, 6.07) is 0.364. The summed E-state index contributed by atoms with van der Waals surface area (Å²) >= 11 is 0. The highest BCUT2D eigenvalue weighted by Crippen LogP contribution is 2.48. The maximum atomic E-state index is 11.0. The topological polar surface area (TPSA) is 29.1 Å². The Kier molecular flexibility index (Phi) is 2.42. The first kappa shape index (κ1) is 9.12. The fourth-order valence-corrected chi connectivity index (χ4v) is 1.36. The van der Waals surface area contributed by atoms with Crippen molar-refractivity contribution >= 4 is 5.91 Å². The Morgan fingerprint density at radius 2 is 2.50 bits per heavy atom. The van der Waals surface area contributed by atoms with Crippen LogP contribution in [0.5, 0.6) is 0 Å². The van der Waals surface area contributed by atoms with Gasteiger partial charge in [-0.05, 0) is 18.3 Å². The standard InChI is InChI=1S/C10H15NO/c1-4-6-9(12)11-8-7-10(8,3)5-2/h1,8H,5-7H2,2-3H3,(H,11,12). The molecular formula is C10H15NO. The molecule has 0 radical (unpaired) electrons. The van der Waals surface area contributed by atoms with Gasteiger partial charge >= 0.3 is 0 Å². The molecule has 2 unspecified atom stereocenters. The number of carbonyl (C=O) groups is 1. The lowest BCUT2D eigenvalue weighted by Crippen LogP contribution is -2.28. The van der Waals surface area contributed by atoms with E-state index in [9.17, 15) is 4.79 Å². The normalized spacial score (nSPS) is 32.2. The fourth-order valence-electron chi connectivity index (χ4n) is 1.36. The van der Waals surface area contributed by atoms with Gasteiger partial charge in [0.2, 0.25) is 5.91 Å². The molecule has 0 heterocycles. The monoisotopic (exact) mass is 165 g/mol. The summed E-state index contributed by atoms with van der Waals surface area (Å²) in [4.78, 5) is 11.0. The number of hydrogen-bond donors (Lipinski definition) is 1. The van der Waals surface area contributed by atoms with Gasteiger partial charge in [-0.2, -0.15) is 0 Å². The molecule has 2 nitrogen and oxygen atoms in total. The van der Waals surface area contributed by atoms with Gasteiger partial charge in [0, 0.05) is 6.04 Å². The van der Waals surface area contributed by atoms with Crippen molar-refractivity contribution in [2.45, 2.75) is 39.2 Å². The lowest BCUT2D eigenvalue weighted by atomic mass is 10.1. The minimum absolute atomic E-state index is 0.0142. The highest BCUT2D eigenvalue weighted by atomic mass is 16.1. The molecule has 1 N–H and O–H groups in total. The van der Waals surface area contributed by atoms with Crippen LogP contribution in [-0.2, 0) is 4.79 Å². The zero-order valence-corrected chi connectivity index (χ0v) is 7.68. The van der Waals surface area contributed by atoms with Gasteiger partial charge in [-0.1, -0.05) is 19.8 Å². The van der Waals surface area contributed by atoms with E-state index in [4.69, 9.17) is 6.42 Å². The van der Waals surface area contributed by atoms with Crippen molar-refractivity contribution in [2.24, 2.45) is 5.41 Å². The Morgan fingerprint density at radius 1 is 1.83 bits per heavy atom. The molecule has 1 fully saturated rings. The van der Waals surface area contributed by atoms with E-state index in [1.54, 1.807) is 0 Å². The largest absolute Gasteiger partial charge is 0.352 e. The number of terminal acetylenes is 1. The second kappa shape index (κ2) is 3.18. The Morgan fingerprint density at radius 3 is 2.92 bits per heavy atom. The van der Waals surface area contributed by atoms with E-state index >= 15 is 0 Å². The molecule has 1 amide bonds. The summed E-state index contributed by atoms with van der Waals surface area (Å²) in [6.45, 7) is 4.33. The SMILES string of the molecule is C#CCC(=O)NC1CC1(C)CC. The maximum Gasteiger partial charge on any atom is 0.232 e. The lowest BCUT2D eigenvalue weighted by molar-refractivity contribution is -0.120. The summed E-state index contributed by atoms with van der Waals surface area (Å²) in [5.74, 6) is 2.32. The third-order valence-corrected chi connectivity index (χ3v) is 2.76. The van der Waals surface area contributed by atoms with Crippen LogP contribution < -0.4 is 5.32 Å². The molecule has 0 aliphatic heterocycles. The van der Waals surface area contributed by atoms with Crippen molar-refractivity contribution in [1.82, 2.24) is 5.32 Å². The molecule has 2 atom stereocenters. The van der Waals surface area contributed by atoms with Crippen molar-refractivity contribution in [3.05, 3.63) is 0 Å². The van der Waals surface area contributed by atoms with Crippen molar-refractivity contribution in [2.75, 3.05) is 0 Å². The average Bonchev–Trinajstić information content (AvgIpc) is 2.63. The molecule has 0 saturated heterocycles. The van der Waals surface area contributed by atoms with E-state index in [1.807, 2.05) is 0 Å². The lowest BCUT2D eigenvalue weighted by Gasteiger charge is -2.07. The highest BCUT2D eigenvalue weighted by Gasteiger charge is 2.48. The molecule has 1 aliphatic rings. The van der Waals surface area contributed by atoms with Gasteiger partial charge in [0.05, 0.1) is 6.42 Å². The van der Waals surface area contributed by atoms with E-state index in [0.29, 0.717) is 11.5 Å². The predicted octanol–water partition coefficient (Wildman–Crippen LogP) is 1.31. The van der Waals surface area contributed by atoms with E-state index in [0.717, 1.165) is 12.8 Å². The fraction of sp³-hybridized carbons (Fsp3) is 0.700. The van der Waals surface area contributed by atoms with Gasteiger partial charge in [-0.25, -0.2) is 0 Å². The van der Waals surface area contributed by atoms with E-state index in [-0.39, 0.29) is 12.3 Å². The summed E-state index contributed by atoms with van der Waals surface area (Å²) < 4.78 is 0. The second-order valence-electron chi connectivity index (χ2n) is 3.71. The second-order valence-corrected chi connectivity index (χ2v) is 3.71. The predicted molar refractivity (Wildman–Crippen MR) is 48.4 cm³/mol. The molecule has 2 heteroatoms. The van der Waals surface area contributed by atoms with E-state index < -0.39 is 0 Å². The van der Waals surface area contributed by atoms with Crippen molar-refractivity contribution in [1.29, 1.82) is 0 Å². The molecule has 12 heavy (non-hydrogen) atoms. The molecular weight excluding hydrogens is 150 g/mol. The van der Waals surface area contributed by atoms with Crippen molar-refractivity contribution < 1.29 is 4.79 Å². The van der Waals surface area contributed by atoms with Gasteiger partial charge in [0.25, 0.3) is 0 Å². The zero-order valence-electron chi connectivity index (χ0n) is 7.68. The van der Waals surface area contributed by atoms with Crippen LogP contribution in [-0.4, -0.2) is 11.9 Å². The van der Waals surface area contributed by atoms with E-state index in [2.05, 4.69) is 25.1 Å². The Balaban J connectivity index is 2.28. The minimum atomic E-state index is -0.0142. The summed E-state index contributed by atoms with van der Waals surface area (Å²) in [6.07, 6.45) is 7.44. The number of carbonyl (C=O) groups excluding carboxylic acids is 1. The molecule has 1 rings (SSSR count). The summed E-state index contributed by atoms with van der Waals surface area (Å²) in [7, 11) is 0. The first-order valence-electron chi connectivity index (χ1n) is 4.35. The molecule has 0 spiro atoms. The summed E-state index contributed by atoms with van der Waals surface area (Å²) in [5.41, 5.74) is 0.338.